The first-order valence-corrected chi connectivity index (χ1v) is 33.8. The summed E-state index contributed by atoms with van der Waals surface area (Å²) in [6, 6.07) is 20.8. The van der Waals surface area contributed by atoms with Gasteiger partial charge in [0, 0.05) is 0 Å². The summed E-state index contributed by atoms with van der Waals surface area (Å²) in [7, 11) is -11.2. The zero-order valence-corrected chi connectivity index (χ0v) is 50.3. The fourth-order valence-electron chi connectivity index (χ4n) is 9.11. The molecule has 2 rings (SSSR count). The molecule has 0 heterocycles. The first kappa shape index (κ1) is 66.7. The maximum absolute atomic E-state index is 14.1. The molecule has 0 aliphatic heterocycles. The van der Waals surface area contributed by atoms with E-state index in [1.54, 1.807) is 27.7 Å². The molecule has 0 amide bonds. The van der Waals surface area contributed by atoms with Crippen molar-refractivity contribution in [1.82, 2.24) is 0 Å². The number of benzene rings is 2. The van der Waals surface area contributed by atoms with E-state index < -0.39 is 30.1 Å². The van der Waals surface area contributed by atoms with Gasteiger partial charge in [0.1, 0.15) is 6.61 Å². The van der Waals surface area contributed by atoms with Crippen molar-refractivity contribution in [3.05, 3.63) is 84.7 Å². The molecule has 0 saturated carbocycles. The van der Waals surface area contributed by atoms with Gasteiger partial charge in [-0.05, 0) is 80.9 Å². The fourth-order valence-corrected chi connectivity index (χ4v) is 16.0. The van der Waals surface area contributed by atoms with Gasteiger partial charge in [-0.25, -0.2) is 9.13 Å². The maximum Gasteiger partial charge on any atom is 0.532 e. The zero-order valence-electron chi connectivity index (χ0n) is 47.5. The van der Waals surface area contributed by atoms with Crippen molar-refractivity contribution in [2.24, 2.45) is 0 Å². The molecule has 0 fully saturated rings. The summed E-state index contributed by atoms with van der Waals surface area (Å²) in [6.07, 6.45) is 33.7. The van der Waals surface area contributed by atoms with Crippen LogP contribution in [0.4, 0.5) is 0 Å². The Labute approximate surface area is 447 Å². The Morgan fingerprint density at radius 3 is 1.14 bits per heavy atom. The van der Waals surface area contributed by atoms with E-state index in [0.29, 0.717) is 12.8 Å². The average Bonchev–Trinajstić information content (AvgIpc) is 3.36. The standard InChI is InChI=1S/C59H104O11P2Si/c1-10-16-18-20-22-24-26-28-30-32-34-36-44-50-57(69-71(60,63-12-3)64-13-4)62-52-54(53-67-73(59(7,8)9,55-46-40-38-41-47-55)56-48-42-39-43-49-56)68-58(70-72(61,65-14-5)66-15-6)51-45-37-35-33-31-29-27-25-23-21-19-17-11-2/h38-43,46-51,54H,10-37,44-45,52-53H2,1-9H3/b57-50-,58-51-. The quantitative estimate of drug-likeness (QED) is 0.0273. The number of ether oxygens (including phenoxy) is 2. The lowest BCUT2D eigenvalue weighted by Gasteiger charge is -2.43. The van der Waals surface area contributed by atoms with E-state index in [4.69, 9.17) is 41.0 Å². The summed E-state index contributed by atoms with van der Waals surface area (Å²) < 4.78 is 83.4. The summed E-state index contributed by atoms with van der Waals surface area (Å²) in [5.74, 6) is 0.0230. The van der Waals surface area contributed by atoms with Crippen molar-refractivity contribution < 1.29 is 50.2 Å². The predicted octanol–water partition coefficient (Wildman–Crippen LogP) is 18.2. The van der Waals surface area contributed by atoms with Gasteiger partial charge in [-0.2, -0.15) is 0 Å². The molecule has 0 bridgehead atoms. The maximum atomic E-state index is 14.1. The minimum absolute atomic E-state index is 0.00481. The van der Waals surface area contributed by atoms with Crippen molar-refractivity contribution in [3.8, 4) is 0 Å². The van der Waals surface area contributed by atoms with Crippen LogP contribution in [0.2, 0.25) is 5.04 Å². The molecule has 0 radical (unpaired) electrons. The van der Waals surface area contributed by atoms with Crippen LogP contribution in [0.1, 0.15) is 229 Å². The SMILES string of the molecule is CCCCCCCCCCCCCC/C=C(/OCC(CO[Si](c1ccccc1)(c1ccccc1)C(C)(C)C)O/C(=C/CCCCCCCCCCCCCC)OP(=O)(OCC)OCC)OP(=O)(OCC)OCC. The van der Waals surface area contributed by atoms with Crippen LogP contribution < -0.4 is 10.4 Å². The highest BCUT2D eigenvalue weighted by atomic mass is 31.2. The van der Waals surface area contributed by atoms with E-state index in [1.807, 2.05) is 24.3 Å². The van der Waals surface area contributed by atoms with Gasteiger partial charge in [0.2, 0.25) is 0 Å². The van der Waals surface area contributed by atoms with Crippen LogP contribution >= 0.6 is 15.6 Å². The Kier molecular flexibility index (Phi) is 37.3. The Hall–Kier alpha value is -2.40. The van der Waals surface area contributed by atoms with Gasteiger partial charge in [0.15, 0.2) is 6.10 Å². The minimum atomic E-state index is -4.08. The van der Waals surface area contributed by atoms with E-state index in [-0.39, 0.29) is 56.6 Å². The van der Waals surface area contributed by atoms with Gasteiger partial charge in [0.25, 0.3) is 20.2 Å². The largest absolute Gasteiger partial charge is 0.532 e. The normalized spacial score (nSPS) is 13.3. The summed E-state index contributed by atoms with van der Waals surface area (Å²) in [6.45, 7) is 18.5. The first-order valence-electron chi connectivity index (χ1n) is 29.0. The Morgan fingerprint density at radius 2 is 0.795 bits per heavy atom. The van der Waals surface area contributed by atoms with Crippen molar-refractivity contribution in [1.29, 1.82) is 0 Å². The van der Waals surface area contributed by atoms with E-state index in [2.05, 4.69) is 83.1 Å². The average molecular weight is 1080 g/mol. The van der Waals surface area contributed by atoms with Crippen LogP contribution in [0.25, 0.3) is 0 Å². The third kappa shape index (κ3) is 28.5. The van der Waals surface area contributed by atoms with Gasteiger partial charge in [0.05, 0.1) is 33.0 Å². The van der Waals surface area contributed by atoms with Crippen molar-refractivity contribution in [2.45, 2.75) is 240 Å². The summed E-state index contributed by atoms with van der Waals surface area (Å²) in [5.41, 5.74) is 0. The number of unbranched alkanes of at least 4 members (excludes halogenated alkanes) is 24. The molecule has 14 heteroatoms. The molecule has 1 unspecified atom stereocenters. The molecule has 2 aromatic rings. The van der Waals surface area contributed by atoms with E-state index in [1.165, 1.54) is 116 Å². The van der Waals surface area contributed by atoms with Crippen molar-refractivity contribution in [3.63, 3.8) is 0 Å². The second kappa shape index (κ2) is 40.8. The van der Waals surface area contributed by atoms with Gasteiger partial charge in [-0.1, -0.05) is 237 Å². The van der Waals surface area contributed by atoms with Gasteiger partial charge < -0.3 is 22.9 Å². The number of hydrogen-bond acceptors (Lipinski definition) is 11. The number of allylic oxidation sites excluding steroid dienone is 2. The van der Waals surface area contributed by atoms with Gasteiger partial charge in [-0.15, -0.1) is 0 Å². The van der Waals surface area contributed by atoms with Gasteiger partial charge >= 0.3 is 15.6 Å². The summed E-state index contributed by atoms with van der Waals surface area (Å²) >= 11 is 0. The molecule has 73 heavy (non-hydrogen) atoms. The molecule has 2 aromatic carbocycles. The van der Waals surface area contributed by atoms with Crippen LogP contribution in [0, 0.1) is 0 Å². The molecule has 11 nitrogen and oxygen atoms in total. The fraction of sp³-hybridized carbons (Fsp3) is 0.729. The highest BCUT2D eigenvalue weighted by Crippen LogP contribution is 2.52. The lowest BCUT2D eigenvalue weighted by molar-refractivity contribution is -0.0498. The smallest absolute Gasteiger partial charge is 0.461 e. The highest BCUT2D eigenvalue weighted by molar-refractivity contribution is 7.48. The number of phosphoric ester groups is 2. The Morgan fingerprint density at radius 1 is 0.466 bits per heavy atom. The number of hydrogen-bond donors (Lipinski definition) is 0. The molecular weight excluding hydrogens is 975 g/mol. The highest BCUT2D eigenvalue weighted by Gasteiger charge is 2.50. The lowest BCUT2D eigenvalue weighted by Crippen LogP contribution is -2.67. The van der Waals surface area contributed by atoms with Crippen molar-refractivity contribution >= 4 is 34.3 Å². The third-order valence-electron chi connectivity index (χ3n) is 12.9. The predicted molar refractivity (Wildman–Crippen MR) is 306 cm³/mol. The molecule has 420 valence electrons. The van der Waals surface area contributed by atoms with Crippen LogP contribution in [0.15, 0.2) is 84.7 Å². The van der Waals surface area contributed by atoms with Crippen LogP contribution in [0.5, 0.6) is 0 Å². The van der Waals surface area contributed by atoms with Crippen LogP contribution in [-0.4, -0.2) is 54.1 Å². The van der Waals surface area contributed by atoms with Crippen LogP contribution in [0.3, 0.4) is 0 Å². The lowest BCUT2D eigenvalue weighted by atomic mass is 10.0. The molecule has 0 saturated heterocycles. The monoisotopic (exact) mass is 1080 g/mol. The molecule has 0 N–H and O–H groups in total. The molecule has 0 aliphatic rings. The molecule has 1 atom stereocenters. The Bertz CT molecular complexity index is 1730. The number of phosphoric acid groups is 2. The van der Waals surface area contributed by atoms with Gasteiger partial charge in [-0.3, -0.25) is 18.1 Å². The van der Waals surface area contributed by atoms with E-state index in [0.717, 1.165) is 48.9 Å². The third-order valence-corrected chi connectivity index (χ3v) is 21.0. The molecular formula is C59H104O11P2Si. The first-order chi connectivity index (χ1) is 35.4. The van der Waals surface area contributed by atoms with E-state index >= 15 is 0 Å². The zero-order chi connectivity index (χ0) is 53.4. The second-order valence-electron chi connectivity index (χ2n) is 20.2. The van der Waals surface area contributed by atoms with Crippen LogP contribution in [-0.2, 0) is 50.2 Å². The summed E-state index contributed by atoms with van der Waals surface area (Å²) in [5, 5.41) is 1.87. The summed E-state index contributed by atoms with van der Waals surface area (Å²) in [4.78, 5) is 0. The second-order valence-corrected chi connectivity index (χ2v) is 27.7. The number of rotatable bonds is 48. The molecule has 0 aliphatic carbocycles. The topological polar surface area (TPSA) is 117 Å². The minimum Gasteiger partial charge on any atom is -0.461 e. The molecule has 0 spiro atoms. The van der Waals surface area contributed by atoms with E-state index in [9.17, 15) is 9.13 Å². The van der Waals surface area contributed by atoms with Crippen molar-refractivity contribution in [2.75, 3.05) is 39.6 Å². The molecule has 0 aromatic heterocycles. The Balaban J connectivity index is 2.48.